The van der Waals surface area contributed by atoms with Gasteiger partial charge in [0.15, 0.2) is 0 Å². The molecule has 0 saturated carbocycles. The van der Waals surface area contributed by atoms with Gasteiger partial charge in [-0.15, -0.1) is 21.5 Å². The molecule has 0 fully saturated rings. The molecule has 1 aromatic carbocycles. The summed E-state index contributed by atoms with van der Waals surface area (Å²) < 4.78 is 5.79. The van der Waals surface area contributed by atoms with E-state index in [1.54, 1.807) is 23.5 Å². The molecule has 25 heavy (non-hydrogen) atoms. The van der Waals surface area contributed by atoms with E-state index in [1.165, 1.54) is 22.2 Å². The Labute approximate surface area is 157 Å². The van der Waals surface area contributed by atoms with Crippen molar-refractivity contribution in [2.75, 3.05) is 0 Å². The third-order valence-electron chi connectivity index (χ3n) is 3.79. The molecule has 0 aliphatic carbocycles. The van der Waals surface area contributed by atoms with E-state index in [1.807, 2.05) is 19.1 Å². The minimum absolute atomic E-state index is 0.451. The summed E-state index contributed by atoms with van der Waals surface area (Å²) in [6.45, 7) is 6.07. The number of aryl methyl sites for hydroxylation is 3. The van der Waals surface area contributed by atoms with Gasteiger partial charge in [-0.05, 0) is 62.4 Å². The zero-order chi connectivity index (χ0) is 17.6. The number of rotatable bonds is 3. The quantitative estimate of drug-likeness (QED) is 0.433. The van der Waals surface area contributed by atoms with Crippen molar-refractivity contribution in [2.45, 2.75) is 31.0 Å². The molecule has 0 radical (unpaired) electrons. The van der Waals surface area contributed by atoms with Gasteiger partial charge in [0.2, 0.25) is 5.89 Å². The van der Waals surface area contributed by atoms with Crippen LogP contribution in [-0.2, 0) is 0 Å². The second-order valence-electron chi connectivity index (χ2n) is 5.52. The second-order valence-corrected chi connectivity index (χ2v) is 8.10. The molecule has 5 nitrogen and oxygen atoms in total. The number of hydrogen-bond acceptors (Lipinski definition) is 7. The standard InChI is InChI=1S/C17H13ClN4OS2/c1-8-9(2)24-15-13(8)16(20-10(3)19-15)25-17-22-21-14(23-17)11-4-6-12(18)7-5-11/h4-7H,1-3H3. The maximum absolute atomic E-state index is 5.91. The van der Waals surface area contributed by atoms with E-state index in [0.717, 1.165) is 26.6 Å². The number of aromatic nitrogens is 4. The van der Waals surface area contributed by atoms with Gasteiger partial charge in [0.1, 0.15) is 15.7 Å². The molecule has 0 bridgehead atoms. The Morgan fingerprint density at radius 2 is 1.80 bits per heavy atom. The van der Waals surface area contributed by atoms with Crippen molar-refractivity contribution in [1.82, 2.24) is 20.2 Å². The fraction of sp³-hybridized carbons (Fsp3) is 0.176. The first kappa shape index (κ1) is 16.5. The fourth-order valence-electron chi connectivity index (χ4n) is 2.43. The average Bonchev–Trinajstić information content (AvgIpc) is 3.13. The number of benzene rings is 1. The van der Waals surface area contributed by atoms with Crippen molar-refractivity contribution < 1.29 is 4.42 Å². The Kier molecular flexibility index (Phi) is 4.23. The van der Waals surface area contributed by atoms with E-state index in [-0.39, 0.29) is 0 Å². The summed E-state index contributed by atoms with van der Waals surface area (Å²) in [4.78, 5) is 11.3. The van der Waals surface area contributed by atoms with Crippen LogP contribution in [0.15, 0.2) is 38.9 Å². The van der Waals surface area contributed by atoms with Gasteiger partial charge in [0.25, 0.3) is 5.22 Å². The second kappa shape index (κ2) is 6.40. The van der Waals surface area contributed by atoms with Gasteiger partial charge in [-0.1, -0.05) is 11.6 Å². The zero-order valence-corrected chi connectivity index (χ0v) is 16.1. The summed E-state index contributed by atoms with van der Waals surface area (Å²) in [6, 6.07) is 7.29. The van der Waals surface area contributed by atoms with Gasteiger partial charge >= 0.3 is 0 Å². The topological polar surface area (TPSA) is 64.7 Å². The molecular formula is C17H13ClN4OS2. The van der Waals surface area contributed by atoms with Crippen LogP contribution in [0.5, 0.6) is 0 Å². The lowest BCUT2D eigenvalue weighted by Crippen LogP contribution is -1.91. The van der Waals surface area contributed by atoms with E-state index in [0.29, 0.717) is 16.1 Å². The predicted molar refractivity (Wildman–Crippen MR) is 100 cm³/mol. The zero-order valence-electron chi connectivity index (χ0n) is 13.7. The van der Waals surface area contributed by atoms with Crippen LogP contribution in [0.4, 0.5) is 0 Å². The van der Waals surface area contributed by atoms with E-state index >= 15 is 0 Å². The fourth-order valence-corrected chi connectivity index (χ4v) is 4.59. The van der Waals surface area contributed by atoms with Crippen LogP contribution in [0.1, 0.15) is 16.3 Å². The molecule has 0 atom stereocenters. The van der Waals surface area contributed by atoms with E-state index in [4.69, 9.17) is 16.0 Å². The first-order valence-electron chi connectivity index (χ1n) is 7.53. The average molecular weight is 389 g/mol. The monoisotopic (exact) mass is 388 g/mol. The van der Waals surface area contributed by atoms with Crippen LogP contribution in [0.25, 0.3) is 21.7 Å². The van der Waals surface area contributed by atoms with E-state index in [2.05, 4.69) is 34.0 Å². The summed E-state index contributed by atoms with van der Waals surface area (Å²) in [5, 5.41) is 11.3. The van der Waals surface area contributed by atoms with Crippen LogP contribution in [0.3, 0.4) is 0 Å². The van der Waals surface area contributed by atoms with Gasteiger partial charge in [-0.3, -0.25) is 0 Å². The van der Waals surface area contributed by atoms with Gasteiger partial charge in [-0.2, -0.15) is 0 Å². The summed E-state index contributed by atoms with van der Waals surface area (Å²) >= 11 is 8.96. The summed E-state index contributed by atoms with van der Waals surface area (Å²) in [7, 11) is 0. The highest BCUT2D eigenvalue weighted by atomic mass is 35.5. The SMILES string of the molecule is Cc1nc(Sc2nnc(-c3ccc(Cl)cc3)o2)c2c(C)c(C)sc2n1. The molecular weight excluding hydrogens is 376 g/mol. The van der Waals surface area contributed by atoms with Crippen molar-refractivity contribution in [3.8, 4) is 11.5 Å². The molecule has 0 unspecified atom stereocenters. The normalized spacial score (nSPS) is 11.4. The van der Waals surface area contributed by atoms with Crippen LogP contribution in [-0.4, -0.2) is 20.2 Å². The number of fused-ring (bicyclic) bond motifs is 1. The lowest BCUT2D eigenvalue weighted by molar-refractivity contribution is 0.465. The number of thiophene rings is 1. The third kappa shape index (κ3) is 3.15. The highest BCUT2D eigenvalue weighted by Crippen LogP contribution is 2.38. The summed E-state index contributed by atoms with van der Waals surface area (Å²) in [5.74, 6) is 1.19. The lowest BCUT2D eigenvalue weighted by Gasteiger charge is -2.02. The van der Waals surface area contributed by atoms with Crippen molar-refractivity contribution in [2.24, 2.45) is 0 Å². The molecule has 4 rings (SSSR count). The molecule has 3 aromatic heterocycles. The maximum Gasteiger partial charge on any atom is 0.283 e. The third-order valence-corrected chi connectivity index (χ3v) is 5.97. The maximum atomic E-state index is 5.91. The smallest absolute Gasteiger partial charge is 0.283 e. The Morgan fingerprint density at radius 3 is 2.56 bits per heavy atom. The Balaban J connectivity index is 1.71. The van der Waals surface area contributed by atoms with Gasteiger partial charge in [0, 0.05) is 20.8 Å². The molecule has 0 N–H and O–H groups in total. The number of hydrogen-bond donors (Lipinski definition) is 0. The molecule has 4 aromatic rings. The predicted octanol–water partition coefficient (Wildman–Crippen LogP) is 5.47. The van der Waals surface area contributed by atoms with E-state index < -0.39 is 0 Å². The molecule has 0 saturated heterocycles. The van der Waals surface area contributed by atoms with Gasteiger partial charge in [0.05, 0.1) is 0 Å². The number of halogens is 1. The molecule has 8 heteroatoms. The van der Waals surface area contributed by atoms with Crippen molar-refractivity contribution in [3.05, 3.63) is 45.6 Å². The van der Waals surface area contributed by atoms with Crippen molar-refractivity contribution >= 4 is 44.9 Å². The summed E-state index contributed by atoms with van der Waals surface area (Å²) in [5.41, 5.74) is 2.02. The largest absolute Gasteiger partial charge is 0.411 e. The van der Waals surface area contributed by atoms with E-state index in [9.17, 15) is 0 Å². The molecule has 0 aliphatic rings. The van der Waals surface area contributed by atoms with Crippen LogP contribution in [0, 0.1) is 20.8 Å². The molecule has 126 valence electrons. The Morgan fingerprint density at radius 1 is 1.04 bits per heavy atom. The van der Waals surface area contributed by atoms with Gasteiger partial charge in [-0.25, -0.2) is 9.97 Å². The Bertz CT molecular complexity index is 1070. The molecule has 0 spiro atoms. The van der Waals surface area contributed by atoms with Gasteiger partial charge < -0.3 is 4.42 Å². The first-order valence-corrected chi connectivity index (χ1v) is 9.54. The van der Waals surface area contributed by atoms with Crippen LogP contribution in [0.2, 0.25) is 5.02 Å². The number of nitrogens with zero attached hydrogens (tertiary/aromatic N) is 4. The van der Waals surface area contributed by atoms with Crippen molar-refractivity contribution in [1.29, 1.82) is 0 Å². The Hall–Kier alpha value is -1.96. The van der Waals surface area contributed by atoms with Crippen molar-refractivity contribution in [3.63, 3.8) is 0 Å². The molecule has 0 aliphatic heterocycles. The summed E-state index contributed by atoms with van der Waals surface area (Å²) in [6.07, 6.45) is 0. The minimum atomic E-state index is 0.451. The van der Waals surface area contributed by atoms with Crippen LogP contribution < -0.4 is 0 Å². The highest BCUT2D eigenvalue weighted by molar-refractivity contribution is 7.99. The molecule has 0 amide bonds. The molecule has 3 heterocycles. The van der Waals surface area contributed by atoms with Crippen LogP contribution >= 0.6 is 34.7 Å². The first-order chi connectivity index (χ1) is 12.0. The highest BCUT2D eigenvalue weighted by Gasteiger charge is 2.17. The minimum Gasteiger partial charge on any atom is -0.411 e. The lowest BCUT2D eigenvalue weighted by atomic mass is 10.2.